The lowest BCUT2D eigenvalue weighted by Crippen LogP contribution is -2.35. The topological polar surface area (TPSA) is 71.4 Å². The first-order valence-electron chi connectivity index (χ1n) is 10.4. The van der Waals surface area contributed by atoms with Crippen molar-refractivity contribution in [1.82, 2.24) is 14.2 Å². The first kappa shape index (κ1) is 21.1. The van der Waals surface area contributed by atoms with Crippen molar-refractivity contribution in [2.75, 3.05) is 13.1 Å². The third-order valence-electron chi connectivity index (χ3n) is 5.69. The lowest BCUT2D eigenvalue weighted by Gasteiger charge is -2.26. The van der Waals surface area contributed by atoms with E-state index in [9.17, 15) is 13.2 Å². The lowest BCUT2D eigenvalue weighted by atomic mass is 10.2. The molecule has 1 N–H and O–H groups in total. The number of piperidine rings is 1. The maximum Gasteiger partial charge on any atom is 0.243 e. The van der Waals surface area contributed by atoms with Crippen LogP contribution in [0.2, 0.25) is 0 Å². The number of rotatable bonds is 7. The number of thiophene rings is 1. The molecule has 4 rings (SSSR count). The van der Waals surface area contributed by atoms with Crippen molar-refractivity contribution in [3.63, 3.8) is 0 Å². The molecule has 1 aliphatic heterocycles. The van der Waals surface area contributed by atoms with Gasteiger partial charge < -0.3 is 9.88 Å². The van der Waals surface area contributed by atoms with Crippen LogP contribution in [0.3, 0.4) is 0 Å². The summed E-state index contributed by atoms with van der Waals surface area (Å²) in [5.41, 5.74) is 0.866. The summed E-state index contributed by atoms with van der Waals surface area (Å²) in [6.07, 6.45) is 5.43. The number of carbonyl (C=O) groups is 1. The van der Waals surface area contributed by atoms with Crippen LogP contribution in [-0.4, -0.2) is 36.3 Å². The van der Waals surface area contributed by atoms with Crippen LogP contribution in [0.15, 0.2) is 52.9 Å². The number of amides is 1. The summed E-state index contributed by atoms with van der Waals surface area (Å²) < 4.78 is 29.5. The number of hydrogen-bond donors (Lipinski definition) is 1. The molecular weight excluding hydrogens is 418 g/mol. The lowest BCUT2D eigenvalue weighted by molar-refractivity contribution is -0.124. The number of aromatic nitrogens is 1. The monoisotopic (exact) mass is 445 g/mol. The van der Waals surface area contributed by atoms with Gasteiger partial charge in [0.1, 0.15) is 6.04 Å². The average Bonchev–Trinajstić information content (AvgIpc) is 3.43. The Kier molecular flexibility index (Phi) is 6.26. The van der Waals surface area contributed by atoms with Gasteiger partial charge in [-0.15, -0.1) is 11.3 Å². The van der Waals surface area contributed by atoms with E-state index in [4.69, 9.17) is 0 Å². The van der Waals surface area contributed by atoms with E-state index in [2.05, 4.69) is 5.32 Å². The van der Waals surface area contributed by atoms with E-state index in [0.29, 0.717) is 31.0 Å². The molecule has 8 heteroatoms. The molecule has 1 saturated heterocycles. The number of benzene rings is 1. The minimum atomic E-state index is -3.47. The third-order valence-corrected chi connectivity index (χ3v) is 8.46. The summed E-state index contributed by atoms with van der Waals surface area (Å²) in [6, 6.07) is 10.7. The van der Waals surface area contributed by atoms with Gasteiger partial charge in [0, 0.05) is 35.1 Å². The fourth-order valence-electron chi connectivity index (χ4n) is 4.04. The van der Waals surface area contributed by atoms with Crippen molar-refractivity contribution >= 4 is 38.2 Å². The Hall–Kier alpha value is -2.16. The molecule has 0 bridgehead atoms. The highest BCUT2D eigenvalue weighted by Crippen LogP contribution is 2.27. The third kappa shape index (κ3) is 4.17. The highest BCUT2D eigenvalue weighted by Gasteiger charge is 2.27. The molecule has 160 valence electrons. The van der Waals surface area contributed by atoms with Crippen LogP contribution in [0, 0.1) is 0 Å². The van der Waals surface area contributed by atoms with Crippen LogP contribution in [-0.2, 0) is 21.4 Å². The Morgan fingerprint density at radius 1 is 1.17 bits per heavy atom. The molecule has 0 saturated carbocycles. The number of nitrogens with one attached hydrogen (secondary N) is 1. The summed E-state index contributed by atoms with van der Waals surface area (Å²) in [7, 11) is -3.47. The van der Waals surface area contributed by atoms with Crippen LogP contribution < -0.4 is 5.32 Å². The molecule has 30 heavy (non-hydrogen) atoms. The zero-order chi connectivity index (χ0) is 21.1. The Morgan fingerprint density at radius 2 is 1.97 bits per heavy atom. The van der Waals surface area contributed by atoms with E-state index in [-0.39, 0.29) is 11.9 Å². The van der Waals surface area contributed by atoms with Crippen molar-refractivity contribution < 1.29 is 13.2 Å². The predicted molar refractivity (Wildman–Crippen MR) is 120 cm³/mol. The summed E-state index contributed by atoms with van der Waals surface area (Å²) in [5.74, 6) is -0.0339. The van der Waals surface area contributed by atoms with Gasteiger partial charge >= 0.3 is 0 Å². The summed E-state index contributed by atoms with van der Waals surface area (Å²) in [4.78, 5) is 14.3. The molecular formula is C22H27N3O3S2. The summed E-state index contributed by atoms with van der Waals surface area (Å²) in [6.45, 7) is 3.67. The normalized spacial score (nSPS) is 16.6. The second-order valence-electron chi connectivity index (χ2n) is 7.63. The predicted octanol–water partition coefficient (Wildman–Crippen LogP) is 4.14. The van der Waals surface area contributed by atoms with Crippen LogP contribution in [0.4, 0.5) is 0 Å². The minimum Gasteiger partial charge on any atom is -0.349 e. The van der Waals surface area contributed by atoms with Gasteiger partial charge in [-0.3, -0.25) is 4.79 Å². The highest BCUT2D eigenvalue weighted by molar-refractivity contribution is 7.89. The molecule has 0 aliphatic carbocycles. The van der Waals surface area contributed by atoms with Crippen molar-refractivity contribution in [3.05, 3.63) is 52.9 Å². The fourth-order valence-corrected chi connectivity index (χ4v) is 6.24. The van der Waals surface area contributed by atoms with Gasteiger partial charge in [0.2, 0.25) is 15.9 Å². The van der Waals surface area contributed by atoms with Crippen molar-refractivity contribution in [3.8, 4) is 0 Å². The van der Waals surface area contributed by atoms with Crippen molar-refractivity contribution in [2.45, 2.75) is 50.1 Å². The van der Waals surface area contributed by atoms with Gasteiger partial charge in [-0.2, -0.15) is 4.31 Å². The number of sulfonamides is 1. The summed E-state index contributed by atoms with van der Waals surface area (Å²) >= 11 is 1.62. The zero-order valence-corrected chi connectivity index (χ0v) is 18.7. The molecule has 2 aromatic heterocycles. The van der Waals surface area contributed by atoms with Crippen LogP contribution >= 0.6 is 11.3 Å². The van der Waals surface area contributed by atoms with E-state index in [1.54, 1.807) is 27.8 Å². The van der Waals surface area contributed by atoms with Crippen LogP contribution in [0.5, 0.6) is 0 Å². The van der Waals surface area contributed by atoms with E-state index in [1.807, 2.05) is 47.3 Å². The smallest absolute Gasteiger partial charge is 0.243 e. The van der Waals surface area contributed by atoms with Gasteiger partial charge in [-0.1, -0.05) is 19.4 Å². The van der Waals surface area contributed by atoms with Gasteiger partial charge in [-0.05, 0) is 55.0 Å². The highest BCUT2D eigenvalue weighted by atomic mass is 32.2. The zero-order valence-electron chi connectivity index (χ0n) is 17.1. The maximum absolute atomic E-state index is 13.0. The van der Waals surface area contributed by atoms with E-state index in [0.717, 1.165) is 35.0 Å². The first-order chi connectivity index (χ1) is 14.5. The second-order valence-corrected chi connectivity index (χ2v) is 10.6. The standard InChI is InChI=1S/C22H27N3O3S2/c1-2-20(22(26)23-16-18-7-6-14-29-18)25-13-10-17-15-19(8-9-21(17)25)30(27,28)24-11-4-3-5-12-24/h6-10,13-15,20H,2-5,11-12,16H2,1H3,(H,23,26). The molecule has 3 heterocycles. The second kappa shape index (κ2) is 8.91. The van der Waals surface area contributed by atoms with Gasteiger partial charge in [0.15, 0.2) is 0 Å². The van der Waals surface area contributed by atoms with Crippen molar-refractivity contribution in [2.24, 2.45) is 0 Å². The van der Waals surface area contributed by atoms with Gasteiger partial charge in [0.25, 0.3) is 0 Å². The van der Waals surface area contributed by atoms with Crippen molar-refractivity contribution in [1.29, 1.82) is 0 Å². The molecule has 1 unspecified atom stereocenters. The van der Waals surface area contributed by atoms with E-state index in [1.165, 1.54) is 0 Å². The molecule has 1 aromatic carbocycles. The molecule has 1 atom stereocenters. The Labute approximate surface area is 181 Å². The number of carbonyl (C=O) groups excluding carboxylic acids is 1. The largest absolute Gasteiger partial charge is 0.349 e. The Bertz CT molecular complexity index is 1110. The SMILES string of the molecule is CCC(C(=O)NCc1cccs1)n1ccc2cc(S(=O)(=O)N3CCCCC3)ccc21. The summed E-state index contributed by atoms with van der Waals surface area (Å²) in [5, 5.41) is 5.84. The molecule has 0 spiro atoms. The molecule has 3 aromatic rings. The molecule has 1 aliphatic rings. The Morgan fingerprint density at radius 3 is 2.67 bits per heavy atom. The van der Waals surface area contributed by atoms with Gasteiger partial charge in [-0.25, -0.2) is 8.42 Å². The number of hydrogen-bond acceptors (Lipinski definition) is 4. The molecule has 1 amide bonds. The maximum atomic E-state index is 13.0. The fraction of sp³-hybridized carbons (Fsp3) is 0.409. The van der Waals surface area contributed by atoms with Gasteiger partial charge in [0.05, 0.1) is 11.4 Å². The number of fused-ring (bicyclic) bond motifs is 1. The molecule has 0 radical (unpaired) electrons. The van der Waals surface area contributed by atoms with Crippen LogP contribution in [0.1, 0.15) is 43.5 Å². The Balaban J connectivity index is 1.57. The number of nitrogens with zero attached hydrogens (tertiary/aromatic N) is 2. The average molecular weight is 446 g/mol. The van der Waals surface area contributed by atoms with E-state index < -0.39 is 10.0 Å². The molecule has 6 nitrogen and oxygen atoms in total. The quantitative estimate of drug-likeness (QED) is 0.594. The minimum absolute atomic E-state index is 0.0339. The first-order valence-corrected chi connectivity index (χ1v) is 12.7. The van der Waals surface area contributed by atoms with E-state index >= 15 is 0 Å². The van der Waals surface area contributed by atoms with Crippen LogP contribution in [0.25, 0.3) is 10.9 Å². The molecule has 1 fully saturated rings.